The third kappa shape index (κ3) is 2.47. The zero-order valence-electron chi connectivity index (χ0n) is 14.5. The van der Waals surface area contributed by atoms with Gasteiger partial charge < -0.3 is 0 Å². The van der Waals surface area contributed by atoms with Crippen molar-refractivity contribution in [2.24, 2.45) is 0 Å². The molecule has 1 unspecified atom stereocenters. The maximum atomic E-state index is 13.5. The van der Waals surface area contributed by atoms with Gasteiger partial charge in [-0.15, -0.1) is 11.6 Å². The molecule has 0 N–H and O–H groups in total. The summed E-state index contributed by atoms with van der Waals surface area (Å²) in [5.41, 5.74) is -0.216. The summed E-state index contributed by atoms with van der Waals surface area (Å²) >= 11 is 6.81. The lowest BCUT2D eigenvalue weighted by Crippen LogP contribution is -2.42. The van der Waals surface area contributed by atoms with E-state index in [1.165, 1.54) is 24.3 Å². The molecule has 5 nitrogen and oxygen atoms in total. The molecule has 0 spiro atoms. The van der Waals surface area contributed by atoms with Gasteiger partial charge in [0.15, 0.2) is 11.6 Å². The lowest BCUT2D eigenvalue weighted by atomic mass is 9.71. The molecule has 0 fully saturated rings. The van der Waals surface area contributed by atoms with E-state index in [-0.39, 0.29) is 5.69 Å². The van der Waals surface area contributed by atoms with Gasteiger partial charge in [-0.1, -0.05) is 66.7 Å². The Morgan fingerprint density at radius 3 is 1.79 bits per heavy atom. The summed E-state index contributed by atoms with van der Waals surface area (Å²) in [7, 11) is 0. The van der Waals surface area contributed by atoms with Crippen molar-refractivity contribution in [2.75, 3.05) is 0 Å². The Balaban J connectivity index is 1.96. The summed E-state index contributed by atoms with van der Waals surface area (Å²) in [4.78, 5) is 37.5. The number of hydrogen-bond donors (Lipinski definition) is 0. The second kappa shape index (κ2) is 6.69. The van der Waals surface area contributed by atoms with E-state index in [1.54, 1.807) is 48.5 Å². The first-order valence-electron chi connectivity index (χ1n) is 8.60. The highest BCUT2D eigenvalue weighted by Gasteiger charge is 2.58. The van der Waals surface area contributed by atoms with Crippen LogP contribution in [0.15, 0.2) is 78.9 Å². The molecule has 6 heteroatoms. The number of nitrogens with zero attached hydrogens (tertiary/aromatic N) is 1. The fourth-order valence-corrected chi connectivity index (χ4v) is 4.23. The predicted molar refractivity (Wildman–Crippen MR) is 105 cm³/mol. The fraction of sp³-hybridized carbons (Fsp3) is 0.0909. The molecule has 138 valence electrons. The van der Waals surface area contributed by atoms with E-state index in [1.807, 2.05) is 6.07 Å². The van der Waals surface area contributed by atoms with Crippen molar-refractivity contribution in [2.45, 2.75) is 10.8 Å². The first kappa shape index (κ1) is 18.1. The van der Waals surface area contributed by atoms with E-state index in [9.17, 15) is 19.7 Å². The molecule has 0 saturated heterocycles. The number of nitro groups is 1. The highest BCUT2D eigenvalue weighted by atomic mass is 35.5. The van der Waals surface area contributed by atoms with E-state index < -0.39 is 27.3 Å². The van der Waals surface area contributed by atoms with Crippen LogP contribution in [0.1, 0.15) is 37.2 Å². The second-order valence-electron chi connectivity index (χ2n) is 6.59. The number of rotatable bonds is 4. The third-order valence-corrected chi connectivity index (χ3v) is 5.72. The molecule has 0 amide bonds. The Morgan fingerprint density at radius 2 is 1.29 bits per heavy atom. The lowest BCUT2D eigenvalue weighted by molar-refractivity contribution is -0.384. The number of benzene rings is 3. The number of ketones is 2. The Hall–Kier alpha value is -3.31. The molecule has 0 aromatic heterocycles. The largest absolute Gasteiger partial charge is 0.293 e. The lowest BCUT2D eigenvalue weighted by Gasteiger charge is -2.31. The summed E-state index contributed by atoms with van der Waals surface area (Å²) in [5, 5.41) is 10.1. The summed E-state index contributed by atoms with van der Waals surface area (Å²) in [5.74, 6) is -0.795. The molecule has 0 aliphatic heterocycles. The number of hydrogen-bond acceptors (Lipinski definition) is 4. The van der Waals surface area contributed by atoms with Crippen LogP contribution < -0.4 is 0 Å². The van der Waals surface area contributed by atoms with Gasteiger partial charge in [0.1, 0.15) is 5.41 Å². The molecule has 1 atom stereocenters. The van der Waals surface area contributed by atoms with Crippen LogP contribution in [0.25, 0.3) is 0 Å². The summed E-state index contributed by atoms with van der Waals surface area (Å²) in [6.07, 6.45) is 0. The molecular formula is C22H14ClNO4. The minimum absolute atomic E-state index is 0.125. The van der Waals surface area contributed by atoms with Crippen molar-refractivity contribution in [1.82, 2.24) is 0 Å². The maximum absolute atomic E-state index is 13.5. The predicted octanol–water partition coefficient (Wildman–Crippen LogP) is 4.89. The fourth-order valence-electron chi connectivity index (χ4n) is 3.76. The van der Waals surface area contributed by atoms with Crippen molar-refractivity contribution in [1.29, 1.82) is 0 Å². The van der Waals surface area contributed by atoms with E-state index in [0.29, 0.717) is 22.3 Å². The Bertz CT molecular complexity index is 1060. The van der Waals surface area contributed by atoms with E-state index in [0.717, 1.165) is 0 Å². The summed E-state index contributed by atoms with van der Waals surface area (Å²) < 4.78 is 0. The van der Waals surface area contributed by atoms with Gasteiger partial charge >= 0.3 is 0 Å². The van der Waals surface area contributed by atoms with Gasteiger partial charge in [-0.3, -0.25) is 19.7 Å². The normalized spacial score (nSPS) is 15.9. The number of nitro benzene ring substituents is 1. The topological polar surface area (TPSA) is 77.3 Å². The third-order valence-electron chi connectivity index (χ3n) is 5.14. The Morgan fingerprint density at radius 1 is 0.786 bits per heavy atom. The van der Waals surface area contributed by atoms with E-state index in [2.05, 4.69) is 0 Å². The van der Waals surface area contributed by atoms with Gasteiger partial charge in [0.2, 0.25) is 0 Å². The monoisotopic (exact) mass is 391 g/mol. The maximum Gasteiger partial charge on any atom is 0.269 e. The Labute approximate surface area is 165 Å². The van der Waals surface area contributed by atoms with Crippen LogP contribution >= 0.6 is 11.6 Å². The molecule has 1 aliphatic rings. The smallest absolute Gasteiger partial charge is 0.269 e. The van der Waals surface area contributed by atoms with Crippen LogP contribution in [0, 0.1) is 10.1 Å². The molecule has 28 heavy (non-hydrogen) atoms. The van der Waals surface area contributed by atoms with Gasteiger partial charge in [-0.25, -0.2) is 0 Å². The number of carbonyl (C=O) groups excluding carboxylic acids is 2. The summed E-state index contributed by atoms with van der Waals surface area (Å²) in [6, 6.07) is 21.0. The van der Waals surface area contributed by atoms with Crippen molar-refractivity contribution in [3.8, 4) is 0 Å². The zero-order chi connectivity index (χ0) is 19.9. The standard InChI is InChI=1S/C22H14ClNO4/c23-19(14-6-2-1-3-7-14)22(15-10-12-16(13-11-15)24(27)28)20(25)17-8-4-5-9-18(17)21(22)26/h1-13,19H. The number of Topliss-reactive ketones (excluding diaryl/α,β-unsaturated/α-hetero) is 2. The van der Waals surface area contributed by atoms with Crippen LogP contribution in [-0.4, -0.2) is 16.5 Å². The first-order chi connectivity index (χ1) is 13.5. The van der Waals surface area contributed by atoms with Crippen molar-refractivity contribution in [3.05, 3.63) is 111 Å². The number of halogens is 1. The molecule has 0 bridgehead atoms. The van der Waals surface area contributed by atoms with Crippen molar-refractivity contribution in [3.63, 3.8) is 0 Å². The second-order valence-corrected chi connectivity index (χ2v) is 7.03. The average molecular weight is 392 g/mol. The molecular weight excluding hydrogens is 378 g/mol. The number of non-ortho nitro benzene ring substituents is 1. The quantitative estimate of drug-likeness (QED) is 0.274. The van der Waals surface area contributed by atoms with Gasteiger partial charge in [0, 0.05) is 23.3 Å². The minimum atomic E-state index is -1.68. The number of carbonyl (C=O) groups is 2. The number of fused-ring (bicyclic) bond motifs is 1. The minimum Gasteiger partial charge on any atom is -0.293 e. The van der Waals surface area contributed by atoms with Crippen LogP contribution in [0.5, 0.6) is 0 Å². The zero-order valence-corrected chi connectivity index (χ0v) is 15.3. The average Bonchev–Trinajstić information content (AvgIpc) is 2.96. The van der Waals surface area contributed by atoms with Gasteiger partial charge in [0.05, 0.1) is 10.3 Å². The molecule has 3 aromatic rings. The van der Waals surface area contributed by atoms with Gasteiger partial charge in [-0.05, 0) is 11.1 Å². The highest BCUT2D eigenvalue weighted by Crippen LogP contribution is 2.51. The van der Waals surface area contributed by atoms with E-state index >= 15 is 0 Å². The van der Waals surface area contributed by atoms with Crippen LogP contribution in [0.4, 0.5) is 5.69 Å². The molecule has 0 radical (unpaired) electrons. The van der Waals surface area contributed by atoms with Crippen molar-refractivity contribution < 1.29 is 14.5 Å². The van der Waals surface area contributed by atoms with Crippen LogP contribution in [-0.2, 0) is 5.41 Å². The highest BCUT2D eigenvalue weighted by molar-refractivity contribution is 6.39. The molecule has 0 saturated carbocycles. The molecule has 1 aliphatic carbocycles. The molecule has 4 rings (SSSR count). The Kier molecular flexibility index (Phi) is 4.32. The van der Waals surface area contributed by atoms with Crippen LogP contribution in [0.3, 0.4) is 0 Å². The van der Waals surface area contributed by atoms with E-state index in [4.69, 9.17) is 11.6 Å². The first-order valence-corrected chi connectivity index (χ1v) is 9.04. The van der Waals surface area contributed by atoms with Crippen molar-refractivity contribution >= 4 is 28.9 Å². The summed E-state index contributed by atoms with van der Waals surface area (Å²) in [6.45, 7) is 0. The number of alkyl halides is 1. The van der Waals surface area contributed by atoms with Crippen LogP contribution in [0.2, 0.25) is 0 Å². The van der Waals surface area contributed by atoms with Gasteiger partial charge in [0.25, 0.3) is 5.69 Å². The van der Waals surface area contributed by atoms with Gasteiger partial charge in [-0.2, -0.15) is 0 Å². The SMILES string of the molecule is O=C1c2ccccc2C(=O)C1(c1ccc([N+](=O)[O-])cc1)C(Cl)c1ccccc1. The molecule has 3 aromatic carbocycles. The molecule has 0 heterocycles.